The molecule has 0 amide bonds. The fourth-order valence-corrected chi connectivity index (χ4v) is 7.12. The van der Waals surface area contributed by atoms with Crippen LogP contribution < -0.4 is 0 Å². The van der Waals surface area contributed by atoms with Crippen LogP contribution in [0.2, 0.25) is 0 Å². The maximum Gasteiger partial charge on any atom is 0.330 e. The van der Waals surface area contributed by atoms with Gasteiger partial charge in [0.2, 0.25) is 0 Å². The van der Waals surface area contributed by atoms with E-state index in [2.05, 4.69) is 0 Å². The van der Waals surface area contributed by atoms with Crippen molar-refractivity contribution in [3.05, 3.63) is 24.3 Å². The molecule has 3 N–H and O–H groups in total. The van der Waals surface area contributed by atoms with Crippen LogP contribution in [0.5, 0.6) is 0 Å². The van der Waals surface area contributed by atoms with Gasteiger partial charge in [-0.15, -0.1) is 0 Å². The number of methoxy groups -OCH3 is 3. The first-order valence-electron chi connectivity index (χ1n) is 17.1. The molecule has 17 atom stereocenters. The largest absolute Gasteiger partial charge is 0.459 e. The molecule has 14 nitrogen and oxygen atoms in total. The van der Waals surface area contributed by atoms with Gasteiger partial charge >= 0.3 is 5.97 Å². The molecule has 49 heavy (non-hydrogen) atoms. The maximum absolute atomic E-state index is 13.3. The number of ether oxygens (including phenoxy) is 9. The quantitative estimate of drug-likeness (QED) is 0.245. The molecule has 0 saturated carbocycles. The highest BCUT2D eigenvalue weighted by Crippen LogP contribution is 2.37. The molecule has 3 fully saturated rings. The van der Waals surface area contributed by atoms with Crippen molar-refractivity contribution in [1.29, 1.82) is 0 Å². The molecule has 4 aliphatic heterocycles. The summed E-state index contributed by atoms with van der Waals surface area (Å²) in [5, 5.41) is 32.8. The summed E-state index contributed by atoms with van der Waals surface area (Å²) in [5.41, 5.74) is -1.75. The van der Waals surface area contributed by atoms with Crippen molar-refractivity contribution in [2.24, 2.45) is 17.8 Å². The van der Waals surface area contributed by atoms with Gasteiger partial charge in [0, 0.05) is 45.7 Å². The fourth-order valence-electron chi connectivity index (χ4n) is 7.12. The van der Waals surface area contributed by atoms with Crippen molar-refractivity contribution >= 4 is 11.8 Å². The predicted molar refractivity (Wildman–Crippen MR) is 173 cm³/mol. The molecule has 0 aliphatic carbocycles. The first kappa shape index (κ1) is 40.0. The predicted octanol–water partition coefficient (Wildman–Crippen LogP) is 1.46. The van der Waals surface area contributed by atoms with Gasteiger partial charge in [-0.1, -0.05) is 19.9 Å². The molecule has 3 saturated heterocycles. The molecule has 0 bridgehead atoms. The van der Waals surface area contributed by atoms with Crippen LogP contribution in [-0.2, 0) is 52.2 Å². The number of carbonyl (C=O) groups is 2. The Balaban J connectivity index is 1.56. The van der Waals surface area contributed by atoms with Crippen molar-refractivity contribution in [2.75, 3.05) is 27.9 Å². The Morgan fingerprint density at radius 1 is 0.837 bits per heavy atom. The molecule has 4 rings (SSSR count). The topological polar surface area (TPSA) is 181 Å². The van der Waals surface area contributed by atoms with Crippen molar-refractivity contribution < 1.29 is 67.5 Å². The minimum atomic E-state index is -1.75. The summed E-state index contributed by atoms with van der Waals surface area (Å²) in [4.78, 5) is 26.5. The van der Waals surface area contributed by atoms with Gasteiger partial charge < -0.3 is 58.0 Å². The molecular formula is C35H56O14. The lowest BCUT2D eigenvalue weighted by molar-refractivity contribution is -0.305. The number of aliphatic hydroxyl groups is 3. The zero-order valence-electron chi connectivity index (χ0n) is 30.0. The van der Waals surface area contributed by atoms with Crippen molar-refractivity contribution in [2.45, 2.75) is 140 Å². The lowest BCUT2D eigenvalue weighted by Crippen LogP contribution is -2.59. The van der Waals surface area contributed by atoms with Gasteiger partial charge in [0.25, 0.3) is 0 Å². The van der Waals surface area contributed by atoms with Crippen LogP contribution in [0, 0.1) is 17.8 Å². The number of ketones is 1. The molecule has 0 radical (unpaired) electrons. The molecular weight excluding hydrogens is 644 g/mol. The second kappa shape index (κ2) is 17.1. The van der Waals surface area contributed by atoms with Gasteiger partial charge in [0.05, 0.1) is 37.1 Å². The first-order chi connectivity index (χ1) is 23.1. The van der Waals surface area contributed by atoms with E-state index < -0.39 is 109 Å². The van der Waals surface area contributed by atoms with Gasteiger partial charge in [-0.2, -0.15) is 0 Å². The summed E-state index contributed by atoms with van der Waals surface area (Å²) < 4.78 is 52.6. The van der Waals surface area contributed by atoms with E-state index in [1.54, 1.807) is 26.0 Å². The summed E-state index contributed by atoms with van der Waals surface area (Å²) in [6, 6.07) is 0. The van der Waals surface area contributed by atoms with Crippen LogP contribution in [0.1, 0.15) is 54.4 Å². The normalized spacial score (nSPS) is 48.3. The van der Waals surface area contributed by atoms with Crippen molar-refractivity contribution in [1.82, 2.24) is 0 Å². The summed E-state index contributed by atoms with van der Waals surface area (Å²) in [6.07, 6.45) is -2.67. The number of fused-ring (bicyclic) bond motifs is 1. The van der Waals surface area contributed by atoms with E-state index in [-0.39, 0.29) is 19.1 Å². The third-order valence-electron chi connectivity index (χ3n) is 10.1. The second-order valence-corrected chi connectivity index (χ2v) is 14.1. The zero-order chi connectivity index (χ0) is 36.2. The summed E-state index contributed by atoms with van der Waals surface area (Å²) in [6.45, 7) is 10.4. The highest BCUT2D eigenvalue weighted by molar-refractivity contribution is 5.96. The zero-order valence-corrected chi connectivity index (χ0v) is 30.0. The highest BCUT2D eigenvalue weighted by Gasteiger charge is 2.50. The van der Waals surface area contributed by atoms with Gasteiger partial charge in [-0.3, -0.25) is 4.79 Å². The molecule has 14 heteroatoms. The third kappa shape index (κ3) is 9.74. The monoisotopic (exact) mass is 700 g/mol. The lowest BCUT2D eigenvalue weighted by Gasteiger charge is -2.42. The molecule has 0 unspecified atom stereocenters. The Labute approximate surface area is 288 Å². The number of cyclic esters (lactones) is 1. The Kier molecular flexibility index (Phi) is 14.0. The van der Waals surface area contributed by atoms with E-state index in [1.807, 2.05) is 20.8 Å². The number of hydrogen-bond donors (Lipinski definition) is 3. The second-order valence-electron chi connectivity index (χ2n) is 14.1. The van der Waals surface area contributed by atoms with E-state index in [9.17, 15) is 24.9 Å². The van der Waals surface area contributed by atoms with E-state index in [0.29, 0.717) is 6.42 Å². The van der Waals surface area contributed by atoms with Crippen LogP contribution in [-0.4, -0.2) is 140 Å². The standard InChI is InChI=1S/C35H56O14/c1-17-10-13-26(37)46-20(4)22(16-44-34-32(43-9)31(42-8)27(38)21(5)47-34)30-23(48-30)11-12-25(36)35(6,40)15-18(2)29(17)49-33-28(39)24(41-7)14-19(3)45-33/h10-13,17-24,27-34,38-40H,14-16H2,1-9H3/b12-11-,13-10-/t17-,18-,19+,20+,21+,22+,23-,24-,27+,28+,29-,30-,31+,32+,33-,34+,35-/m0/s1. The van der Waals surface area contributed by atoms with Gasteiger partial charge in [-0.05, 0) is 52.2 Å². The van der Waals surface area contributed by atoms with E-state index >= 15 is 0 Å². The minimum Gasteiger partial charge on any atom is -0.459 e. The van der Waals surface area contributed by atoms with Crippen molar-refractivity contribution in [3.63, 3.8) is 0 Å². The molecule has 0 spiro atoms. The average Bonchev–Trinajstić information content (AvgIpc) is 3.82. The van der Waals surface area contributed by atoms with Crippen LogP contribution in [0.4, 0.5) is 0 Å². The molecule has 280 valence electrons. The Morgan fingerprint density at radius 3 is 2.18 bits per heavy atom. The molecule has 4 aliphatic rings. The lowest BCUT2D eigenvalue weighted by atomic mass is 9.82. The first-order valence-corrected chi connectivity index (χ1v) is 17.1. The Bertz CT molecular complexity index is 1160. The summed E-state index contributed by atoms with van der Waals surface area (Å²) in [5.74, 6) is -2.45. The third-order valence-corrected chi connectivity index (χ3v) is 10.1. The number of carbonyl (C=O) groups excluding carboxylic acids is 2. The minimum absolute atomic E-state index is 0.0234. The summed E-state index contributed by atoms with van der Waals surface area (Å²) >= 11 is 0. The highest BCUT2D eigenvalue weighted by atomic mass is 16.7. The number of aliphatic hydroxyl groups excluding tert-OH is 2. The van der Waals surface area contributed by atoms with Crippen molar-refractivity contribution in [3.8, 4) is 0 Å². The molecule has 4 heterocycles. The smallest absolute Gasteiger partial charge is 0.330 e. The maximum atomic E-state index is 13.3. The fraction of sp³-hybridized carbons (Fsp3) is 0.829. The van der Waals surface area contributed by atoms with Crippen LogP contribution in [0.25, 0.3) is 0 Å². The average molecular weight is 701 g/mol. The molecule has 0 aromatic heterocycles. The van der Waals surface area contributed by atoms with E-state index in [0.717, 1.165) is 0 Å². The van der Waals surface area contributed by atoms with E-state index in [4.69, 9.17) is 42.6 Å². The van der Waals surface area contributed by atoms with Crippen LogP contribution in [0.15, 0.2) is 24.3 Å². The number of epoxide rings is 1. The van der Waals surface area contributed by atoms with Gasteiger partial charge in [0.15, 0.2) is 18.4 Å². The summed E-state index contributed by atoms with van der Waals surface area (Å²) in [7, 11) is 4.46. The van der Waals surface area contributed by atoms with Crippen LogP contribution in [0.3, 0.4) is 0 Å². The Hall–Kier alpha value is -1.82. The molecule has 0 aromatic rings. The SMILES string of the molecule is CO[C@@H]1[C@H](O)[C@@H](C)O[C@@H](OC[C@H]2[C@@H]3O[C@H]3/C=C\C(=O)[C@@](C)(O)C[C@H](C)[C@@H](O[C@@H]3O[C@H](C)C[C@H](OC)[C@H]3O)[C@@H](C)/C=C\C(=O)O[C@@H]2C)[C@@H]1OC. The molecule has 0 aromatic carbocycles. The number of esters is 1. The van der Waals surface area contributed by atoms with Gasteiger partial charge in [0.1, 0.15) is 42.2 Å². The van der Waals surface area contributed by atoms with Gasteiger partial charge in [-0.25, -0.2) is 4.79 Å². The number of rotatable bonds is 8. The van der Waals surface area contributed by atoms with E-state index in [1.165, 1.54) is 40.4 Å². The van der Waals surface area contributed by atoms with Crippen LogP contribution >= 0.6 is 0 Å². The Morgan fingerprint density at radius 2 is 1.53 bits per heavy atom. The number of hydrogen-bond acceptors (Lipinski definition) is 14.